The predicted octanol–water partition coefficient (Wildman–Crippen LogP) is 5.97. The maximum Gasteiger partial charge on any atom is 0.336 e. The lowest BCUT2D eigenvalue weighted by atomic mass is 9.99. The predicted molar refractivity (Wildman–Crippen MR) is 141 cm³/mol. The SMILES string of the molecule is Cc1ccc(N2C[C@@](C)(CNCCc3cccc4ccccc34)Oc3ccccc32)cc1C(=O)O. The second-order valence-electron chi connectivity index (χ2n) is 9.48. The summed E-state index contributed by atoms with van der Waals surface area (Å²) in [6.45, 7) is 6.04. The fourth-order valence-electron chi connectivity index (χ4n) is 4.90. The molecule has 0 unspecified atom stereocenters. The lowest BCUT2D eigenvalue weighted by molar-refractivity contribution is 0.0696. The van der Waals surface area contributed by atoms with E-state index in [1.807, 2.05) is 43.3 Å². The molecule has 5 rings (SSSR count). The van der Waals surface area contributed by atoms with E-state index in [-0.39, 0.29) is 0 Å². The smallest absolute Gasteiger partial charge is 0.336 e. The summed E-state index contributed by atoms with van der Waals surface area (Å²) in [5.74, 6) is -0.113. The minimum Gasteiger partial charge on any atom is -0.482 e. The Morgan fingerprint density at radius 2 is 1.80 bits per heavy atom. The fourth-order valence-corrected chi connectivity index (χ4v) is 4.90. The van der Waals surface area contributed by atoms with Crippen LogP contribution in [0.1, 0.15) is 28.4 Å². The molecule has 1 heterocycles. The number of fused-ring (bicyclic) bond motifs is 2. The number of aryl methyl sites for hydroxylation is 1. The van der Waals surface area contributed by atoms with E-state index in [9.17, 15) is 9.90 Å². The van der Waals surface area contributed by atoms with Crippen LogP contribution in [0.5, 0.6) is 5.75 Å². The summed E-state index contributed by atoms with van der Waals surface area (Å²) >= 11 is 0. The summed E-state index contributed by atoms with van der Waals surface area (Å²) in [6, 6.07) is 28.5. The van der Waals surface area contributed by atoms with Crippen molar-refractivity contribution in [3.8, 4) is 5.75 Å². The highest BCUT2D eigenvalue weighted by Crippen LogP contribution is 2.41. The monoisotopic (exact) mass is 466 g/mol. The second kappa shape index (κ2) is 9.43. The van der Waals surface area contributed by atoms with Gasteiger partial charge in [0.25, 0.3) is 0 Å². The molecular formula is C30H30N2O3. The number of nitrogens with one attached hydrogen (secondary N) is 1. The van der Waals surface area contributed by atoms with Gasteiger partial charge in [-0.3, -0.25) is 0 Å². The number of nitrogens with zero attached hydrogens (tertiary/aromatic N) is 1. The van der Waals surface area contributed by atoms with Crippen molar-refractivity contribution in [2.45, 2.75) is 25.9 Å². The zero-order valence-corrected chi connectivity index (χ0v) is 20.1. The Labute approximate surface area is 206 Å². The van der Waals surface area contributed by atoms with Gasteiger partial charge in [-0.15, -0.1) is 0 Å². The molecule has 0 aromatic heterocycles. The van der Waals surface area contributed by atoms with Crippen LogP contribution in [0.15, 0.2) is 84.9 Å². The lowest BCUT2D eigenvalue weighted by Gasteiger charge is -2.43. The molecule has 0 radical (unpaired) electrons. The van der Waals surface area contributed by atoms with Gasteiger partial charge in [0.2, 0.25) is 0 Å². The topological polar surface area (TPSA) is 61.8 Å². The van der Waals surface area contributed by atoms with Crippen LogP contribution in [0.25, 0.3) is 10.8 Å². The Bertz CT molecular complexity index is 1380. The van der Waals surface area contributed by atoms with E-state index in [1.165, 1.54) is 16.3 Å². The minimum atomic E-state index is -0.913. The van der Waals surface area contributed by atoms with Crippen LogP contribution < -0.4 is 15.0 Å². The van der Waals surface area contributed by atoms with Gasteiger partial charge in [-0.2, -0.15) is 0 Å². The molecule has 178 valence electrons. The van der Waals surface area contributed by atoms with Crippen molar-refractivity contribution >= 4 is 28.1 Å². The molecule has 1 aliphatic rings. The Morgan fingerprint density at radius 1 is 1.03 bits per heavy atom. The maximum atomic E-state index is 11.7. The number of hydrogen-bond donors (Lipinski definition) is 2. The van der Waals surface area contributed by atoms with E-state index in [4.69, 9.17) is 4.74 Å². The van der Waals surface area contributed by atoms with E-state index in [2.05, 4.69) is 59.6 Å². The average Bonchev–Trinajstić information content (AvgIpc) is 2.86. The zero-order valence-electron chi connectivity index (χ0n) is 20.1. The Balaban J connectivity index is 1.33. The molecule has 35 heavy (non-hydrogen) atoms. The van der Waals surface area contributed by atoms with E-state index < -0.39 is 11.6 Å². The quantitative estimate of drug-likeness (QED) is 0.329. The normalized spacial score (nSPS) is 17.1. The Hall–Kier alpha value is -3.83. The highest BCUT2D eigenvalue weighted by atomic mass is 16.5. The number of carbonyl (C=O) groups is 1. The van der Waals surface area contributed by atoms with Crippen molar-refractivity contribution < 1.29 is 14.6 Å². The van der Waals surface area contributed by atoms with Gasteiger partial charge in [0, 0.05) is 12.2 Å². The Kier molecular flexibility index (Phi) is 6.18. The van der Waals surface area contributed by atoms with Gasteiger partial charge in [0.1, 0.15) is 11.4 Å². The highest BCUT2D eigenvalue weighted by Gasteiger charge is 2.36. The van der Waals surface area contributed by atoms with E-state index in [0.717, 1.165) is 35.7 Å². The average molecular weight is 467 g/mol. The van der Waals surface area contributed by atoms with Gasteiger partial charge in [0.15, 0.2) is 0 Å². The zero-order chi connectivity index (χ0) is 24.4. The lowest BCUT2D eigenvalue weighted by Crippen LogP contribution is -2.53. The molecule has 0 aliphatic carbocycles. The molecule has 0 saturated heterocycles. The number of carboxylic acid groups (broad SMARTS) is 1. The molecule has 1 atom stereocenters. The first-order chi connectivity index (χ1) is 16.9. The van der Waals surface area contributed by atoms with Gasteiger partial charge in [0.05, 0.1) is 17.8 Å². The standard InChI is InChI=1S/C30H30N2O3/c1-21-14-15-24(18-26(21)29(33)34)32-20-30(2,35-28-13-6-5-12-27(28)32)19-31-17-16-23-10-7-9-22-8-3-4-11-25(22)23/h3-15,18,31H,16-17,19-20H2,1-2H3,(H,33,34)/t30-/m1/s1. The first-order valence-corrected chi connectivity index (χ1v) is 12.0. The molecule has 4 aromatic carbocycles. The molecule has 4 aromatic rings. The second-order valence-corrected chi connectivity index (χ2v) is 9.48. The minimum absolute atomic E-state index is 0.321. The van der Waals surface area contributed by atoms with Crippen LogP contribution in [0.4, 0.5) is 11.4 Å². The molecular weight excluding hydrogens is 436 g/mol. The summed E-state index contributed by atoms with van der Waals surface area (Å²) in [4.78, 5) is 13.9. The first kappa shape index (κ1) is 22.9. The Morgan fingerprint density at radius 3 is 2.66 bits per heavy atom. The van der Waals surface area contributed by atoms with Crippen molar-refractivity contribution in [3.05, 3.63) is 102 Å². The van der Waals surface area contributed by atoms with Crippen LogP contribution in [0.3, 0.4) is 0 Å². The molecule has 0 spiro atoms. The molecule has 0 saturated carbocycles. The molecule has 5 heteroatoms. The largest absolute Gasteiger partial charge is 0.482 e. The number of benzene rings is 4. The first-order valence-electron chi connectivity index (χ1n) is 12.0. The number of ether oxygens (including phenoxy) is 1. The van der Waals surface area contributed by atoms with Gasteiger partial charge in [-0.1, -0.05) is 60.7 Å². The van der Waals surface area contributed by atoms with Crippen molar-refractivity contribution in [1.29, 1.82) is 0 Å². The van der Waals surface area contributed by atoms with Crippen molar-refractivity contribution in [2.24, 2.45) is 0 Å². The summed E-state index contributed by atoms with van der Waals surface area (Å²) < 4.78 is 6.47. The molecule has 0 bridgehead atoms. The van der Waals surface area contributed by atoms with E-state index >= 15 is 0 Å². The van der Waals surface area contributed by atoms with Crippen molar-refractivity contribution in [3.63, 3.8) is 0 Å². The number of hydrogen-bond acceptors (Lipinski definition) is 4. The van der Waals surface area contributed by atoms with Crippen LogP contribution in [0, 0.1) is 6.92 Å². The summed E-state index contributed by atoms with van der Waals surface area (Å²) in [7, 11) is 0. The molecule has 1 aliphatic heterocycles. The third-order valence-electron chi connectivity index (χ3n) is 6.72. The van der Waals surface area contributed by atoms with Crippen LogP contribution >= 0.6 is 0 Å². The maximum absolute atomic E-state index is 11.7. The summed E-state index contributed by atoms with van der Waals surface area (Å²) in [6.07, 6.45) is 0.928. The number of para-hydroxylation sites is 2. The highest BCUT2D eigenvalue weighted by molar-refractivity contribution is 5.91. The van der Waals surface area contributed by atoms with Crippen LogP contribution in [-0.4, -0.2) is 36.3 Å². The van der Waals surface area contributed by atoms with E-state index in [1.54, 1.807) is 6.07 Å². The molecule has 0 fully saturated rings. The van der Waals surface area contributed by atoms with Gasteiger partial charge >= 0.3 is 5.97 Å². The molecule has 0 amide bonds. The van der Waals surface area contributed by atoms with Crippen molar-refractivity contribution in [2.75, 3.05) is 24.5 Å². The molecule has 5 nitrogen and oxygen atoms in total. The summed E-state index contributed by atoms with van der Waals surface area (Å²) in [5.41, 5.74) is 3.72. The number of anilines is 2. The van der Waals surface area contributed by atoms with Crippen LogP contribution in [-0.2, 0) is 6.42 Å². The number of carboxylic acids is 1. The number of rotatable bonds is 7. The third kappa shape index (κ3) is 4.73. The summed E-state index contributed by atoms with van der Waals surface area (Å²) in [5, 5.41) is 15.8. The van der Waals surface area contributed by atoms with Gasteiger partial charge in [-0.25, -0.2) is 4.79 Å². The van der Waals surface area contributed by atoms with Crippen molar-refractivity contribution in [1.82, 2.24) is 5.32 Å². The van der Waals surface area contributed by atoms with Gasteiger partial charge < -0.3 is 20.1 Å². The van der Waals surface area contributed by atoms with Crippen LogP contribution in [0.2, 0.25) is 0 Å². The third-order valence-corrected chi connectivity index (χ3v) is 6.72. The van der Waals surface area contributed by atoms with Gasteiger partial charge in [-0.05, 0) is 73.0 Å². The van der Waals surface area contributed by atoms with E-state index in [0.29, 0.717) is 18.7 Å². The fraction of sp³-hybridized carbons (Fsp3) is 0.233. The molecule has 2 N–H and O–H groups in total. The number of aromatic carboxylic acids is 1.